The average Bonchev–Trinajstić information content (AvgIpc) is 2.57. The first-order valence-electron chi connectivity index (χ1n) is 4.29. The summed E-state index contributed by atoms with van der Waals surface area (Å²) in [7, 11) is 0. The van der Waals surface area contributed by atoms with Crippen molar-refractivity contribution in [3.8, 4) is 0 Å². The first kappa shape index (κ1) is 10.2. The summed E-state index contributed by atoms with van der Waals surface area (Å²) in [5.74, 6) is 1.07. The third-order valence-corrected chi connectivity index (χ3v) is 3.24. The van der Waals surface area contributed by atoms with E-state index in [1.807, 2.05) is 16.4 Å². The molecule has 1 heterocycles. The lowest BCUT2D eigenvalue weighted by molar-refractivity contribution is 0.652. The molecule has 74 valence electrons. The summed E-state index contributed by atoms with van der Waals surface area (Å²) in [4.78, 5) is 0. The minimum Gasteiger partial charge on any atom is -0.244 e. The van der Waals surface area contributed by atoms with E-state index in [0.29, 0.717) is 0 Å². The van der Waals surface area contributed by atoms with Crippen LogP contribution in [0.4, 0.5) is 0 Å². The van der Waals surface area contributed by atoms with Crippen molar-refractivity contribution >= 4 is 45.4 Å². The molecular weight excluding hydrogens is 309 g/mol. The largest absolute Gasteiger partial charge is 0.244 e. The minimum atomic E-state index is 0.929. The number of fused-ring (bicyclic) bond motifs is 1. The number of hydrogen-bond donors (Lipinski definition) is 0. The van der Waals surface area contributed by atoms with Crippen LogP contribution in [-0.2, 0) is 6.54 Å². The van der Waals surface area contributed by atoms with Crippen molar-refractivity contribution in [2.45, 2.75) is 6.54 Å². The smallest absolute Gasteiger partial charge is 0.114 e. The summed E-state index contributed by atoms with van der Waals surface area (Å²) in [5, 5.41) is 8.26. The van der Waals surface area contributed by atoms with Crippen molar-refractivity contribution in [2.75, 3.05) is 12.0 Å². The molecule has 0 spiro atoms. The first-order chi connectivity index (χ1) is 6.81. The van der Waals surface area contributed by atoms with E-state index in [0.717, 1.165) is 23.3 Å². The van der Waals surface area contributed by atoms with E-state index in [1.165, 1.54) is 3.57 Å². The highest BCUT2D eigenvalue weighted by atomic mass is 127. The molecule has 0 saturated carbocycles. The van der Waals surface area contributed by atoms with Crippen LogP contribution in [0.5, 0.6) is 0 Å². The number of rotatable bonds is 3. The van der Waals surface area contributed by atoms with Gasteiger partial charge in [0.2, 0.25) is 0 Å². The van der Waals surface area contributed by atoms with Crippen LogP contribution in [-0.4, -0.2) is 27.0 Å². The van der Waals surface area contributed by atoms with Crippen LogP contribution < -0.4 is 0 Å². The van der Waals surface area contributed by atoms with Crippen molar-refractivity contribution < 1.29 is 0 Å². The fourth-order valence-electron chi connectivity index (χ4n) is 1.29. The van der Waals surface area contributed by atoms with Gasteiger partial charge in [0.1, 0.15) is 5.52 Å². The fraction of sp³-hybridized carbons (Fsp3) is 0.333. The molecule has 1 aromatic heterocycles. The van der Waals surface area contributed by atoms with Crippen LogP contribution in [0.1, 0.15) is 0 Å². The quantitative estimate of drug-likeness (QED) is 0.814. The maximum atomic E-state index is 4.13. The molecule has 0 aliphatic heterocycles. The van der Waals surface area contributed by atoms with E-state index in [4.69, 9.17) is 0 Å². The second-order valence-electron chi connectivity index (χ2n) is 2.94. The molecule has 0 unspecified atom stereocenters. The molecule has 0 bridgehead atoms. The molecule has 14 heavy (non-hydrogen) atoms. The second-order valence-corrected chi connectivity index (χ2v) is 5.17. The maximum Gasteiger partial charge on any atom is 0.114 e. The normalized spacial score (nSPS) is 11.0. The van der Waals surface area contributed by atoms with Crippen LogP contribution in [0.2, 0.25) is 0 Å². The Morgan fingerprint density at radius 2 is 2.36 bits per heavy atom. The Bertz CT molecular complexity index is 441. The number of benzene rings is 1. The van der Waals surface area contributed by atoms with E-state index in [9.17, 15) is 0 Å². The maximum absolute atomic E-state index is 4.13. The number of hydrogen-bond acceptors (Lipinski definition) is 3. The molecule has 1 aromatic carbocycles. The van der Waals surface area contributed by atoms with Gasteiger partial charge in [-0.05, 0) is 47.0 Å². The summed E-state index contributed by atoms with van der Waals surface area (Å²) in [6, 6.07) is 6.22. The molecule has 0 amide bonds. The summed E-state index contributed by atoms with van der Waals surface area (Å²) < 4.78 is 3.16. The van der Waals surface area contributed by atoms with Crippen LogP contribution in [0, 0.1) is 3.57 Å². The van der Waals surface area contributed by atoms with Gasteiger partial charge in [-0.25, -0.2) is 4.68 Å². The van der Waals surface area contributed by atoms with Crippen molar-refractivity contribution in [1.82, 2.24) is 15.0 Å². The van der Waals surface area contributed by atoms with Crippen molar-refractivity contribution in [2.24, 2.45) is 0 Å². The number of aromatic nitrogens is 3. The van der Waals surface area contributed by atoms with Crippen LogP contribution >= 0.6 is 34.4 Å². The Balaban J connectivity index is 2.37. The fourth-order valence-corrected chi connectivity index (χ4v) is 2.12. The Labute approximate surface area is 100 Å². The highest BCUT2D eigenvalue weighted by molar-refractivity contribution is 14.1. The summed E-state index contributed by atoms with van der Waals surface area (Å²) in [6.07, 6.45) is 2.10. The van der Waals surface area contributed by atoms with Gasteiger partial charge in [-0.1, -0.05) is 5.21 Å². The minimum absolute atomic E-state index is 0.929. The lowest BCUT2D eigenvalue weighted by Crippen LogP contribution is -2.01. The molecule has 0 aliphatic carbocycles. The van der Waals surface area contributed by atoms with Crippen molar-refractivity contribution in [3.05, 3.63) is 21.8 Å². The summed E-state index contributed by atoms with van der Waals surface area (Å²) >= 11 is 4.11. The molecule has 0 fully saturated rings. The standard InChI is InChI=1S/C9H10IN3S/c1-14-5-4-13-9-3-2-7(10)6-8(9)11-12-13/h2-3,6H,4-5H2,1H3. The number of halogens is 1. The molecule has 2 rings (SSSR count). The van der Waals surface area contributed by atoms with Gasteiger partial charge < -0.3 is 0 Å². The third-order valence-electron chi connectivity index (χ3n) is 1.98. The van der Waals surface area contributed by atoms with Gasteiger partial charge in [0.05, 0.1) is 12.1 Å². The topological polar surface area (TPSA) is 30.7 Å². The molecule has 5 heteroatoms. The zero-order valence-corrected chi connectivity index (χ0v) is 10.7. The predicted molar refractivity (Wildman–Crippen MR) is 68.6 cm³/mol. The molecule has 0 radical (unpaired) electrons. The number of thioether (sulfide) groups is 1. The molecule has 2 aromatic rings. The Kier molecular flexibility index (Phi) is 3.27. The van der Waals surface area contributed by atoms with Gasteiger partial charge in [0.15, 0.2) is 0 Å². The molecule has 0 aliphatic rings. The lowest BCUT2D eigenvalue weighted by atomic mass is 10.3. The third kappa shape index (κ3) is 2.03. The van der Waals surface area contributed by atoms with E-state index in [2.05, 4.69) is 57.4 Å². The Morgan fingerprint density at radius 3 is 3.14 bits per heavy atom. The second kappa shape index (κ2) is 4.48. The van der Waals surface area contributed by atoms with Gasteiger partial charge in [0.25, 0.3) is 0 Å². The molecule has 0 N–H and O–H groups in total. The van der Waals surface area contributed by atoms with E-state index >= 15 is 0 Å². The molecule has 3 nitrogen and oxygen atoms in total. The highest BCUT2D eigenvalue weighted by Crippen LogP contribution is 2.14. The van der Waals surface area contributed by atoms with Crippen molar-refractivity contribution in [3.63, 3.8) is 0 Å². The predicted octanol–water partition coefficient (Wildman–Crippen LogP) is 2.40. The van der Waals surface area contributed by atoms with Gasteiger partial charge in [-0.2, -0.15) is 11.8 Å². The summed E-state index contributed by atoms with van der Waals surface area (Å²) in [6.45, 7) is 0.929. The van der Waals surface area contributed by atoms with E-state index < -0.39 is 0 Å². The number of nitrogens with zero attached hydrogens (tertiary/aromatic N) is 3. The molecule has 0 atom stereocenters. The van der Waals surface area contributed by atoms with Gasteiger partial charge in [0, 0.05) is 9.32 Å². The van der Waals surface area contributed by atoms with E-state index in [-0.39, 0.29) is 0 Å². The van der Waals surface area contributed by atoms with Crippen molar-refractivity contribution in [1.29, 1.82) is 0 Å². The Hall–Kier alpha value is -0.300. The molecular formula is C9H10IN3S. The Morgan fingerprint density at radius 1 is 1.50 bits per heavy atom. The van der Waals surface area contributed by atoms with Crippen LogP contribution in [0.15, 0.2) is 18.2 Å². The first-order valence-corrected chi connectivity index (χ1v) is 6.76. The SMILES string of the molecule is CSCCn1nnc2cc(I)ccc21. The van der Waals surface area contributed by atoms with Crippen LogP contribution in [0.3, 0.4) is 0 Å². The van der Waals surface area contributed by atoms with Gasteiger partial charge in [-0.15, -0.1) is 5.10 Å². The lowest BCUT2D eigenvalue weighted by Gasteiger charge is -1.99. The zero-order chi connectivity index (χ0) is 9.97. The monoisotopic (exact) mass is 319 g/mol. The average molecular weight is 319 g/mol. The van der Waals surface area contributed by atoms with E-state index in [1.54, 1.807) is 0 Å². The van der Waals surface area contributed by atoms with Gasteiger partial charge in [-0.3, -0.25) is 0 Å². The van der Waals surface area contributed by atoms with Gasteiger partial charge >= 0.3 is 0 Å². The number of aryl methyl sites for hydroxylation is 1. The van der Waals surface area contributed by atoms with Crippen LogP contribution in [0.25, 0.3) is 11.0 Å². The summed E-state index contributed by atoms with van der Waals surface area (Å²) in [5.41, 5.74) is 2.11. The molecule has 0 saturated heterocycles. The zero-order valence-electron chi connectivity index (χ0n) is 7.77. The highest BCUT2D eigenvalue weighted by Gasteiger charge is 2.03.